The van der Waals surface area contributed by atoms with Crippen molar-refractivity contribution in [2.24, 2.45) is 0 Å². The molecule has 0 radical (unpaired) electrons. The number of nitrogens with one attached hydrogen (secondary N) is 2. The van der Waals surface area contributed by atoms with E-state index in [-0.39, 0.29) is 17.3 Å². The first-order valence-corrected chi connectivity index (χ1v) is 13.1. The zero-order valence-corrected chi connectivity index (χ0v) is 21.9. The van der Waals surface area contributed by atoms with Crippen LogP contribution in [0.3, 0.4) is 0 Å². The normalized spacial score (nSPS) is 23.4. The van der Waals surface area contributed by atoms with Crippen molar-refractivity contribution in [1.29, 1.82) is 0 Å². The van der Waals surface area contributed by atoms with E-state index < -0.39 is 49.1 Å². The average Bonchev–Trinajstić information content (AvgIpc) is 3.35. The van der Waals surface area contributed by atoms with Gasteiger partial charge in [0.25, 0.3) is 0 Å². The molecule has 0 saturated carbocycles. The fourth-order valence-electron chi connectivity index (χ4n) is 3.56. The summed E-state index contributed by atoms with van der Waals surface area (Å²) in [6, 6.07) is 6.72. The van der Waals surface area contributed by atoms with Crippen LogP contribution in [0.5, 0.6) is 5.75 Å². The van der Waals surface area contributed by atoms with Crippen LogP contribution in [0.2, 0.25) is 0 Å². The van der Waals surface area contributed by atoms with Gasteiger partial charge in [-0.1, -0.05) is 41.4 Å². The third kappa shape index (κ3) is 5.60. The lowest BCUT2D eigenvalue weighted by Crippen LogP contribution is -2.39. The van der Waals surface area contributed by atoms with Crippen LogP contribution in [0.15, 0.2) is 36.7 Å². The van der Waals surface area contributed by atoms with Gasteiger partial charge in [-0.2, -0.15) is 15.1 Å². The highest BCUT2D eigenvalue weighted by Gasteiger charge is 2.56. The molecule has 0 spiro atoms. The molecule has 1 aliphatic heterocycles. The Labute approximate surface area is 220 Å². The highest BCUT2D eigenvalue weighted by Crippen LogP contribution is 2.50. The summed E-state index contributed by atoms with van der Waals surface area (Å²) in [5, 5.41) is 25.3. The molecule has 6 N–H and O–H groups in total. The first-order valence-electron chi connectivity index (χ1n) is 10.8. The van der Waals surface area contributed by atoms with Gasteiger partial charge in [-0.25, -0.2) is 9.55 Å². The van der Waals surface area contributed by atoms with Crippen LogP contribution in [0.4, 0.5) is 11.8 Å². The van der Waals surface area contributed by atoms with Gasteiger partial charge < -0.3 is 30.5 Å². The van der Waals surface area contributed by atoms with Gasteiger partial charge in [0.15, 0.2) is 27.5 Å². The van der Waals surface area contributed by atoms with Gasteiger partial charge in [0.05, 0.1) is 12.9 Å². The van der Waals surface area contributed by atoms with Gasteiger partial charge >= 0.3 is 13.7 Å². The van der Waals surface area contributed by atoms with Gasteiger partial charge in [-0.05, 0) is 19.1 Å². The Hall–Kier alpha value is -2.71. The predicted octanol–water partition coefficient (Wildman–Crippen LogP) is 2.15. The number of nitrogens with two attached hydrogens (primary N) is 1. The number of carboxylic acids is 1. The molecule has 14 nitrogen and oxygen atoms in total. The number of aliphatic hydroxyl groups is 1. The number of para-hydroxylation sites is 1. The quantitative estimate of drug-likeness (QED) is 0.174. The molecule has 1 fully saturated rings. The zero-order chi connectivity index (χ0) is 27.0. The summed E-state index contributed by atoms with van der Waals surface area (Å²) in [6.45, 7) is 0.733. The molecule has 3 heterocycles. The summed E-state index contributed by atoms with van der Waals surface area (Å²) in [7, 11) is -2.65. The molecule has 17 heteroatoms. The number of imidazole rings is 1. The van der Waals surface area contributed by atoms with E-state index in [0.717, 1.165) is 0 Å². The third-order valence-corrected chi connectivity index (χ3v) is 7.87. The van der Waals surface area contributed by atoms with E-state index in [2.05, 4.69) is 25.4 Å². The summed E-state index contributed by atoms with van der Waals surface area (Å²) >= 11 is 13.0. The first kappa shape index (κ1) is 27.3. The Morgan fingerprint density at radius 2 is 2.05 bits per heavy atom. The number of carboxylic acid groups (broad SMARTS) is 1. The van der Waals surface area contributed by atoms with Gasteiger partial charge in [0.1, 0.15) is 24.0 Å². The Kier molecular flexibility index (Phi) is 7.81. The molecule has 0 amide bonds. The minimum absolute atomic E-state index is 0.0515. The second-order valence-corrected chi connectivity index (χ2v) is 11.2. The van der Waals surface area contributed by atoms with Crippen LogP contribution < -0.4 is 20.7 Å². The van der Waals surface area contributed by atoms with E-state index in [1.54, 1.807) is 25.2 Å². The van der Waals surface area contributed by atoms with Crippen molar-refractivity contribution in [2.45, 2.75) is 35.7 Å². The molecular weight excluding hydrogens is 552 g/mol. The number of ether oxygens (including phenoxy) is 1. The molecule has 1 saturated heterocycles. The molecule has 200 valence electrons. The number of benzene rings is 1. The number of halogens is 2. The largest absolute Gasteiger partial charge is 0.480 e. The van der Waals surface area contributed by atoms with Crippen LogP contribution in [-0.4, -0.2) is 71.9 Å². The fourth-order valence-corrected chi connectivity index (χ4v) is 5.66. The van der Waals surface area contributed by atoms with Gasteiger partial charge in [0.2, 0.25) is 5.95 Å². The number of anilines is 2. The number of hydrogen-bond acceptors (Lipinski definition) is 11. The maximum atomic E-state index is 13.4. The standard InChI is InChI=1S/C20H24Cl2N7O7P/c1-10(17(31)32)28-37(33,36-11-6-4-3-5-7-11)34-8-12-14(30)20(21,22)18(35-12)29-9-25-13-15(24-2)26-19(23)27-16(13)29/h3-7,9-10,12,14,18,30H,8H2,1-2H3,(H,28,33)(H,31,32)(H3,23,24,26,27)/t10-,12+,14+,18+,37?/m0/s1. The SMILES string of the molecule is CNc1nc(N)nc2c1ncn2[C@@H]1O[C@H](COP(=O)(N[C@@H](C)C(=O)O)Oc2ccccc2)[C@@H](O)C1(Cl)Cl. The highest BCUT2D eigenvalue weighted by molar-refractivity contribution is 7.52. The van der Waals surface area contributed by atoms with Crippen LogP contribution in [0.25, 0.3) is 11.2 Å². The topological polar surface area (TPSA) is 196 Å². The number of fused-ring (bicyclic) bond motifs is 1. The maximum Gasteiger partial charge on any atom is 0.459 e. The lowest BCUT2D eigenvalue weighted by molar-refractivity contribution is -0.138. The van der Waals surface area contributed by atoms with Crippen LogP contribution in [0, 0.1) is 0 Å². The van der Waals surface area contributed by atoms with E-state index >= 15 is 0 Å². The summed E-state index contributed by atoms with van der Waals surface area (Å²) in [5.41, 5.74) is 6.38. The summed E-state index contributed by atoms with van der Waals surface area (Å²) in [6.07, 6.45) is -2.62. The van der Waals surface area contributed by atoms with Crippen LogP contribution in [0.1, 0.15) is 13.2 Å². The number of aliphatic carboxylic acids is 1. The minimum Gasteiger partial charge on any atom is -0.480 e. The number of carbonyl (C=O) groups is 1. The van der Waals surface area contributed by atoms with Crippen molar-refractivity contribution in [2.75, 3.05) is 24.7 Å². The smallest absolute Gasteiger partial charge is 0.459 e. The number of aliphatic hydroxyl groups excluding tert-OH is 1. The van der Waals surface area contributed by atoms with Crippen molar-refractivity contribution >= 4 is 59.8 Å². The molecule has 2 aromatic heterocycles. The molecule has 0 aliphatic carbocycles. The van der Waals surface area contributed by atoms with Crippen molar-refractivity contribution in [3.8, 4) is 5.75 Å². The highest BCUT2D eigenvalue weighted by atomic mass is 35.5. The molecule has 0 bridgehead atoms. The van der Waals surface area contributed by atoms with E-state index in [1.807, 2.05) is 0 Å². The first-order chi connectivity index (χ1) is 17.4. The second-order valence-electron chi connectivity index (χ2n) is 8.04. The Bertz CT molecular complexity index is 1330. The second kappa shape index (κ2) is 10.6. The molecule has 1 unspecified atom stereocenters. The van der Waals surface area contributed by atoms with Crippen LogP contribution in [-0.2, 0) is 18.6 Å². The van der Waals surface area contributed by atoms with Crippen molar-refractivity contribution in [3.63, 3.8) is 0 Å². The van der Waals surface area contributed by atoms with E-state index in [1.165, 1.54) is 30.0 Å². The number of hydrogen-bond donors (Lipinski definition) is 5. The lowest BCUT2D eigenvalue weighted by atomic mass is 10.2. The van der Waals surface area contributed by atoms with E-state index in [4.69, 9.17) is 42.7 Å². The summed E-state index contributed by atoms with van der Waals surface area (Å²) in [4.78, 5) is 23.8. The van der Waals surface area contributed by atoms with Crippen LogP contribution >= 0.6 is 30.9 Å². The predicted molar refractivity (Wildman–Crippen MR) is 134 cm³/mol. The summed E-state index contributed by atoms with van der Waals surface area (Å²) < 4.78 is 29.7. The van der Waals surface area contributed by atoms with Crippen molar-refractivity contribution < 1.29 is 33.4 Å². The molecule has 1 aromatic carbocycles. The van der Waals surface area contributed by atoms with E-state index in [9.17, 15) is 19.6 Å². The third-order valence-electron chi connectivity index (χ3n) is 5.41. The lowest BCUT2D eigenvalue weighted by Gasteiger charge is -2.24. The average molecular weight is 576 g/mol. The van der Waals surface area contributed by atoms with Crippen molar-refractivity contribution in [1.82, 2.24) is 24.6 Å². The van der Waals surface area contributed by atoms with Gasteiger partial charge in [0, 0.05) is 7.05 Å². The Balaban J connectivity index is 1.58. The number of nitrogen functional groups attached to an aromatic ring is 1. The van der Waals surface area contributed by atoms with Crippen molar-refractivity contribution in [3.05, 3.63) is 36.7 Å². The Morgan fingerprint density at radius 1 is 1.35 bits per heavy atom. The number of alkyl halides is 2. The minimum atomic E-state index is -4.28. The molecule has 37 heavy (non-hydrogen) atoms. The Morgan fingerprint density at radius 3 is 2.70 bits per heavy atom. The fraction of sp³-hybridized carbons (Fsp3) is 0.400. The number of aromatic nitrogens is 4. The summed E-state index contributed by atoms with van der Waals surface area (Å²) in [5.74, 6) is -0.822. The monoisotopic (exact) mass is 575 g/mol. The molecule has 5 atom stereocenters. The molecular formula is C20H24Cl2N7O7P. The maximum absolute atomic E-state index is 13.4. The van der Waals surface area contributed by atoms with E-state index in [0.29, 0.717) is 11.3 Å². The zero-order valence-electron chi connectivity index (χ0n) is 19.5. The molecule has 4 rings (SSSR count). The molecule has 1 aliphatic rings. The number of rotatable bonds is 10. The number of nitrogens with zero attached hydrogens (tertiary/aromatic N) is 4. The van der Waals surface area contributed by atoms with Gasteiger partial charge in [-0.3, -0.25) is 13.9 Å². The van der Waals surface area contributed by atoms with Gasteiger partial charge in [-0.15, -0.1) is 0 Å². The molecule has 3 aromatic rings.